The van der Waals surface area contributed by atoms with E-state index in [0.29, 0.717) is 12.0 Å². The molecular weight excluding hydrogens is 294 g/mol. The first-order valence-electron chi connectivity index (χ1n) is 7.82. The van der Waals surface area contributed by atoms with Gasteiger partial charge >= 0.3 is 0 Å². The third-order valence-corrected chi connectivity index (χ3v) is 5.77. The number of rotatable bonds is 3. The molecule has 0 saturated carbocycles. The lowest BCUT2D eigenvalue weighted by Crippen LogP contribution is -2.57. The fourth-order valence-corrected chi connectivity index (χ4v) is 4.47. The zero-order chi connectivity index (χ0) is 14.9. The largest absolute Gasteiger partial charge is 0.348 e. The number of thiophene rings is 1. The predicted molar refractivity (Wildman–Crippen MR) is 88.0 cm³/mol. The quantitative estimate of drug-likeness (QED) is 0.947. The first kappa shape index (κ1) is 13.9. The highest BCUT2D eigenvalue weighted by Gasteiger charge is 2.35. The lowest BCUT2D eigenvalue weighted by Gasteiger charge is -2.44. The van der Waals surface area contributed by atoms with Gasteiger partial charge in [0.2, 0.25) is 0 Å². The maximum atomic E-state index is 12.7. The average Bonchev–Trinajstić information content (AvgIpc) is 3.06. The second kappa shape index (κ2) is 5.82. The number of piperidine rings is 3. The first-order chi connectivity index (χ1) is 10.8. The standard InChI is InChI=1S/C17H19N3OS/c21-17(19-15-11-20-7-3-12(15)4-8-20)14-5-9-22-16(14)13-2-1-6-18-10-13/h1-2,5-6,9-10,12,15H,3-4,7-8,11H2,(H,19,21). The number of carbonyl (C=O) groups excluding carboxylic acids is 1. The van der Waals surface area contributed by atoms with E-state index in [9.17, 15) is 4.79 Å². The summed E-state index contributed by atoms with van der Waals surface area (Å²) in [7, 11) is 0. The minimum atomic E-state index is 0.0545. The summed E-state index contributed by atoms with van der Waals surface area (Å²) >= 11 is 1.60. The number of aromatic nitrogens is 1. The first-order valence-corrected chi connectivity index (χ1v) is 8.70. The maximum Gasteiger partial charge on any atom is 0.253 e. The van der Waals surface area contributed by atoms with Crippen molar-refractivity contribution in [3.8, 4) is 10.4 Å². The van der Waals surface area contributed by atoms with Crippen LogP contribution in [-0.4, -0.2) is 41.5 Å². The number of nitrogens with one attached hydrogen (secondary N) is 1. The van der Waals surface area contributed by atoms with Crippen molar-refractivity contribution in [2.24, 2.45) is 5.92 Å². The fraction of sp³-hybridized carbons (Fsp3) is 0.412. The predicted octanol–water partition coefficient (Wildman–Crippen LogP) is 2.63. The summed E-state index contributed by atoms with van der Waals surface area (Å²) < 4.78 is 0. The Labute approximate surface area is 134 Å². The van der Waals surface area contributed by atoms with Gasteiger partial charge in [-0.1, -0.05) is 6.07 Å². The fourth-order valence-electron chi connectivity index (χ4n) is 3.58. The summed E-state index contributed by atoms with van der Waals surface area (Å²) in [6, 6.07) is 6.13. The topological polar surface area (TPSA) is 45.2 Å². The molecule has 114 valence electrons. The van der Waals surface area contributed by atoms with Crippen LogP contribution in [0.15, 0.2) is 36.0 Å². The lowest BCUT2D eigenvalue weighted by atomic mass is 9.84. The molecule has 22 heavy (non-hydrogen) atoms. The summed E-state index contributed by atoms with van der Waals surface area (Å²) in [5.41, 5.74) is 1.78. The van der Waals surface area contributed by atoms with Crippen molar-refractivity contribution in [1.29, 1.82) is 0 Å². The molecule has 5 heterocycles. The van der Waals surface area contributed by atoms with Crippen LogP contribution in [0.5, 0.6) is 0 Å². The third-order valence-electron chi connectivity index (χ3n) is 4.81. The minimum absolute atomic E-state index is 0.0545. The summed E-state index contributed by atoms with van der Waals surface area (Å²) in [6.07, 6.45) is 6.00. The van der Waals surface area contributed by atoms with Crippen molar-refractivity contribution in [3.05, 3.63) is 41.5 Å². The van der Waals surface area contributed by atoms with Gasteiger partial charge in [0.25, 0.3) is 5.91 Å². The number of amides is 1. The molecule has 5 heteroatoms. The van der Waals surface area contributed by atoms with Crippen molar-refractivity contribution in [2.75, 3.05) is 19.6 Å². The Bertz CT molecular complexity index is 662. The third kappa shape index (κ3) is 2.55. The van der Waals surface area contributed by atoms with E-state index < -0.39 is 0 Å². The highest BCUT2D eigenvalue weighted by atomic mass is 32.1. The Morgan fingerprint density at radius 1 is 1.32 bits per heavy atom. The Balaban J connectivity index is 1.53. The van der Waals surface area contributed by atoms with Crippen molar-refractivity contribution >= 4 is 17.2 Å². The molecule has 1 atom stereocenters. The van der Waals surface area contributed by atoms with E-state index in [4.69, 9.17) is 0 Å². The number of hydrogen-bond acceptors (Lipinski definition) is 4. The Morgan fingerprint density at radius 3 is 2.86 bits per heavy atom. The molecule has 3 fully saturated rings. The van der Waals surface area contributed by atoms with Gasteiger partial charge < -0.3 is 10.2 Å². The highest BCUT2D eigenvalue weighted by molar-refractivity contribution is 7.14. The average molecular weight is 313 g/mol. The second-order valence-electron chi connectivity index (χ2n) is 6.12. The van der Waals surface area contributed by atoms with Gasteiger partial charge in [-0.3, -0.25) is 9.78 Å². The minimum Gasteiger partial charge on any atom is -0.348 e. The Hall–Kier alpha value is -1.72. The van der Waals surface area contributed by atoms with E-state index in [1.54, 1.807) is 17.5 Å². The normalized spacial score (nSPS) is 26.8. The number of pyridine rings is 1. The van der Waals surface area contributed by atoms with Gasteiger partial charge in [0.1, 0.15) is 0 Å². The molecule has 3 aliphatic heterocycles. The van der Waals surface area contributed by atoms with Crippen LogP contribution in [0.2, 0.25) is 0 Å². The van der Waals surface area contributed by atoms with Crippen LogP contribution in [0, 0.1) is 5.92 Å². The molecule has 1 amide bonds. The molecule has 3 aliphatic rings. The number of hydrogen-bond donors (Lipinski definition) is 1. The molecule has 0 aromatic carbocycles. The van der Waals surface area contributed by atoms with Crippen molar-refractivity contribution < 1.29 is 4.79 Å². The zero-order valence-corrected chi connectivity index (χ0v) is 13.2. The molecule has 2 bridgehead atoms. The summed E-state index contributed by atoms with van der Waals surface area (Å²) in [6.45, 7) is 3.38. The van der Waals surface area contributed by atoms with E-state index in [-0.39, 0.29) is 5.91 Å². The van der Waals surface area contributed by atoms with E-state index in [1.807, 2.05) is 29.8 Å². The van der Waals surface area contributed by atoms with Crippen LogP contribution in [0.25, 0.3) is 10.4 Å². The van der Waals surface area contributed by atoms with Crippen LogP contribution in [0.3, 0.4) is 0 Å². The van der Waals surface area contributed by atoms with Crippen LogP contribution < -0.4 is 5.32 Å². The highest BCUT2D eigenvalue weighted by Crippen LogP contribution is 2.31. The summed E-state index contributed by atoms with van der Waals surface area (Å²) in [4.78, 5) is 20.3. The second-order valence-corrected chi connectivity index (χ2v) is 7.04. The lowest BCUT2D eigenvalue weighted by molar-refractivity contribution is 0.0621. The maximum absolute atomic E-state index is 12.7. The number of fused-ring (bicyclic) bond motifs is 3. The van der Waals surface area contributed by atoms with Gasteiger partial charge in [0.15, 0.2) is 0 Å². The van der Waals surface area contributed by atoms with Crippen LogP contribution in [0.1, 0.15) is 23.2 Å². The molecule has 0 radical (unpaired) electrons. The van der Waals surface area contributed by atoms with E-state index in [0.717, 1.165) is 22.5 Å². The van der Waals surface area contributed by atoms with Crippen molar-refractivity contribution in [1.82, 2.24) is 15.2 Å². The molecule has 4 nitrogen and oxygen atoms in total. The van der Waals surface area contributed by atoms with E-state index >= 15 is 0 Å². The molecule has 2 aromatic rings. The van der Waals surface area contributed by atoms with Gasteiger partial charge in [-0.25, -0.2) is 0 Å². The van der Waals surface area contributed by atoms with Gasteiger partial charge in [0.05, 0.1) is 5.56 Å². The smallest absolute Gasteiger partial charge is 0.253 e. The van der Waals surface area contributed by atoms with Gasteiger partial charge in [-0.15, -0.1) is 11.3 Å². The zero-order valence-electron chi connectivity index (χ0n) is 12.4. The molecule has 2 aromatic heterocycles. The van der Waals surface area contributed by atoms with E-state index in [1.165, 1.54) is 25.9 Å². The number of nitrogens with zero attached hydrogens (tertiary/aromatic N) is 2. The van der Waals surface area contributed by atoms with Crippen LogP contribution in [0.4, 0.5) is 0 Å². The molecular formula is C17H19N3OS. The van der Waals surface area contributed by atoms with Crippen molar-refractivity contribution in [3.63, 3.8) is 0 Å². The Kier molecular flexibility index (Phi) is 3.68. The molecule has 3 saturated heterocycles. The van der Waals surface area contributed by atoms with Gasteiger partial charge in [-0.05, 0) is 49.4 Å². The molecule has 1 N–H and O–H groups in total. The Morgan fingerprint density at radius 2 is 2.18 bits per heavy atom. The summed E-state index contributed by atoms with van der Waals surface area (Å²) in [5, 5.41) is 5.25. The van der Waals surface area contributed by atoms with Crippen LogP contribution >= 0.6 is 11.3 Å². The van der Waals surface area contributed by atoms with Crippen molar-refractivity contribution in [2.45, 2.75) is 18.9 Å². The van der Waals surface area contributed by atoms with E-state index in [2.05, 4.69) is 15.2 Å². The monoisotopic (exact) mass is 313 g/mol. The molecule has 5 rings (SSSR count). The SMILES string of the molecule is O=C(NC1CN2CCC1CC2)c1ccsc1-c1cccnc1. The molecule has 1 unspecified atom stereocenters. The van der Waals surface area contributed by atoms with Crippen LogP contribution in [-0.2, 0) is 0 Å². The molecule has 0 spiro atoms. The summed E-state index contributed by atoms with van der Waals surface area (Å²) in [5.74, 6) is 0.702. The number of carbonyl (C=O) groups is 1. The van der Waals surface area contributed by atoms with Gasteiger partial charge in [0, 0.05) is 35.4 Å². The van der Waals surface area contributed by atoms with Gasteiger partial charge in [-0.2, -0.15) is 0 Å². The molecule has 0 aliphatic carbocycles.